The van der Waals surface area contributed by atoms with Crippen LogP contribution in [0.4, 0.5) is 0 Å². The molecule has 2 saturated heterocycles. The molecule has 0 radical (unpaired) electrons. The highest BCUT2D eigenvalue weighted by Crippen LogP contribution is 2.45. The van der Waals surface area contributed by atoms with Crippen LogP contribution in [-0.2, 0) is 19.1 Å². The molecule has 35 heavy (non-hydrogen) atoms. The number of cyclic esters (lactones) is 1. The summed E-state index contributed by atoms with van der Waals surface area (Å²) in [6.45, 7) is 12.8. The van der Waals surface area contributed by atoms with E-state index in [1.807, 2.05) is 32.2 Å². The van der Waals surface area contributed by atoms with Crippen LogP contribution in [-0.4, -0.2) is 57.0 Å². The lowest BCUT2D eigenvalue weighted by atomic mass is 9.73. The number of aliphatic hydroxyl groups is 2. The van der Waals surface area contributed by atoms with Gasteiger partial charge in [0.25, 0.3) is 0 Å². The van der Waals surface area contributed by atoms with Gasteiger partial charge in [-0.3, -0.25) is 9.59 Å². The molecule has 2 aliphatic rings. The zero-order chi connectivity index (χ0) is 26.1. The molecular formula is C27H41NO6S. The molecule has 196 valence electrons. The number of fused-ring (bicyclic) bond motifs is 1. The first-order valence-corrected chi connectivity index (χ1v) is 13.5. The number of hydrogen-bond donors (Lipinski definition) is 2. The Morgan fingerprint density at radius 1 is 1.23 bits per heavy atom. The number of carbonyl (C=O) groups excluding carboxylic acids is 2. The summed E-state index contributed by atoms with van der Waals surface area (Å²) in [7, 11) is 0. The number of nitrogens with zero attached hydrogens (tertiary/aromatic N) is 1. The molecule has 0 amide bonds. The summed E-state index contributed by atoms with van der Waals surface area (Å²) in [6.07, 6.45) is 1.98. The summed E-state index contributed by atoms with van der Waals surface area (Å²) in [5, 5.41) is 24.6. The van der Waals surface area contributed by atoms with Gasteiger partial charge in [0.2, 0.25) is 0 Å². The van der Waals surface area contributed by atoms with Crippen molar-refractivity contribution in [1.29, 1.82) is 0 Å². The summed E-state index contributed by atoms with van der Waals surface area (Å²) >= 11 is 1.56. The van der Waals surface area contributed by atoms with Gasteiger partial charge in [0.1, 0.15) is 11.9 Å². The second-order valence-corrected chi connectivity index (χ2v) is 12.3. The second kappa shape index (κ2) is 10.8. The molecule has 0 aliphatic carbocycles. The van der Waals surface area contributed by atoms with Crippen LogP contribution in [0.2, 0.25) is 0 Å². The van der Waals surface area contributed by atoms with Gasteiger partial charge in [0, 0.05) is 17.7 Å². The fourth-order valence-electron chi connectivity index (χ4n) is 5.07. The quantitative estimate of drug-likeness (QED) is 0.449. The van der Waals surface area contributed by atoms with E-state index in [2.05, 4.69) is 11.9 Å². The minimum absolute atomic E-state index is 0.0455. The SMILES string of the molecule is C/C(=C/c1csc(C)n1)[C@@H]1C[C@@H]2O[C@]2(C)CCC[C@H](C)[C@@H](O)[C@@H](C)C(=O)C(C)(C)[C@@H](O)CC(=O)O1. The van der Waals surface area contributed by atoms with Gasteiger partial charge in [-0.1, -0.05) is 34.1 Å². The molecule has 0 spiro atoms. The average Bonchev–Trinajstić information content (AvgIpc) is 3.22. The molecule has 3 heterocycles. The van der Waals surface area contributed by atoms with E-state index in [0.29, 0.717) is 6.42 Å². The Morgan fingerprint density at radius 2 is 1.91 bits per heavy atom. The lowest BCUT2D eigenvalue weighted by Gasteiger charge is -2.34. The summed E-state index contributed by atoms with van der Waals surface area (Å²) in [5.74, 6) is -1.55. The van der Waals surface area contributed by atoms with Gasteiger partial charge in [-0.25, -0.2) is 4.98 Å². The molecule has 0 bridgehead atoms. The predicted octanol–water partition coefficient (Wildman–Crippen LogP) is 4.48. The number of Topliss-reactive ketones (excluding diaryl/α,β-unsaturated/α-hetero) is 1. The van der Waals surface area contributed by atoms with Crippen molar-refractivity contribution in [3.8, 4) is 0 Å². The minimum atomic E-state index is -1.23. The molecule has 7 nitrogen and oxygen atoms in total. The number of thiazole rings is 1. The van der Waals surface area contributed by atoms with Crippen LogP contribution in [0.5, 0.6) is 0 Å². The predicted molar refractivity (Wildman–Crippen MR) is 136 cm³/mol. The summed E-state index contributed by atoms with van der Waals surface area (Å²) in [4.78, 5) is 30.6. The number of esters is 1. The smallest absolute Gasteiger partial charge is 0.309 e. The van der Waals surface area contributed by atoms with E-state index in [1.54, 1.807) is 32.1 Å². The number of aliphatic hydroxyl groups excluding tert-OH is 2. The minimum Gasteiger partial charge on any atom is -0.458 e. The zero-order valence-corrected chi connectivity index (χ0v) is 22.9. The molecule has 2 N–H and O–H groups in total. The molecule has 7 atom stereocenters. The maximum atomic E-state index is 13.2. The van der Waals surface area contributed by atoms with Gasteiger partial charge in [-0.15, -0.1) is 11.3 Å². The number of rotatable bonds is 2. The van der Waals surface area contributed by atoms with E-state index in [9.17, 15) is 19.8 Å². The molecule has 0 aromatic carbocycles. The van der Waals surface area contributed by atoms with Crippen molar-refractivity contribution < 1.29 is 29.3 Å². The molecule has 1 aromatic rings. The highest BCUT2D eigenvalue weighted by atomic mass is 32.1. The topological polar surface area (TPSA) is 109 Å². The van der Waals surface area contributed by atoms with Gasteiger partial charge >= 0.3 is 5.97 Å². The lowest BCUT2D eigenvalue weighted by Crippen LogP contribution is -2.45. The van der Waals surface area contributed by atoms with Crippen LogP contribution in [0.15, 0.2) is 11.0 Å². The Bertz CT molecular complexity index is 955. The monoisotopic (exact) mass is 507 g/mol. The average molecular weight is 508 g/mol. The van der Waals surface area contributed by atoms with Gasteiger partial charge < -0.3 is 19.7 Å². The molecule has 0 saturated carbocycles. The molecule has 0 unspecified atom stereocenters. The molecule has 8 heteroatoms. The molecule has 2 aliphatic heterocycles. The first-order valence-electron chi connectivity index (χ1n) is 12.6. The third-order valence-electron chi connectivity index (χ3n) is 7.93. The van der Waals surface area contributed by atoms with Crippen molar-refractivity contribution in [3.05, 3.63) is 21.7 Å². The van der Waals surface area contributed by atoms with E-state index in [-0.39, 0.29) is 29.8 Å². The third-order valence-corrected chi connectivity index (χ3v) is 8.72. The highest BCUT2D eigenvalue weighted by Gasteiger charge is 2.53. The normalized spacial score (nSPS) is 37.5. The van der Waals surface area contributed by atoms with Crippen molar-refractivity contribution in [2.75, 3.05) is 0 Å². The second-order valence-electron chi connectivity index (χ2n) is 11.3. The van der Waals surface area contributed by atoms with Crippen LogP contribution in [0.3, 0.4) is 0 Å². The summed E-state index contributed by atoms with van der Waals surface area (Å²) in [6, 6.07) is 0. The number of ketones is 1. The van der Waals surface area contributed by atoms with Crippen LogP contribution < -0.4 is 0 Å². The number of ether oxygens (including phenoxy) is 2. The standard InChI is InChI=1S/C27H41NO6S/c1-15-9-8-10-27(7)22(34-27)12-20(16(2)11-19-14-35-18(4)28-19)33-23(30)13-21(29)26(5,6)25(32)17(3)24(15)31/h11,14-15,17,20-22,24,29,31H,8-10,12-13H2,1-7H3/b16-11-/t15-,17+,20-,21-,22-,24+,27+/m0/s1. The van der Waals surface area contributed by atoms with Gasteiger partial charge in [-0.2, -0.15) is 0 Å². The van der Waals surface area contributed by atoms with E-state index >= 15 is 0 Å². The third kappa shape index (κ3) is 6.59. The highest BCUT2D eigenvalue weighted by molar-refractivity contribution is 7.09. The molecule has 2 fully saturated rings. The molecule has 3 rings (SSSR count). The van der Waals surface area contributed by atoms with Crippen LogP contribution >= 0.6 is 11.3 Å². The Kier molecular flexibility index (Phi) is 8.62. The maximum absolute atomic E-state index is 13.2. The fourth-order valence-corrected chi connectivity index (χ4v) is 5.64. The van der Waals surface area contributed by atoms with Crippen LogP contribution in [0, 0.1) is 24.2 Å². The van der Waals surface area contributed by atoms with Crippen LogP contribution in [0.25, 0.3) is 6.08 Å². The Labute approximate surface area is 212 Å². The van der Waals surface area contributed by atoms with Gasteiger partial charge in [-0.05, 0) is 51.2 Å². The number of aromatic nitrogens is 1. The van der Waals surface area contributed by atoms with Crippen molar-refractivity contribution in [2.45, 2.75) is 111 Å². The summed E-state index contributed by atoms with van der Waals surface area (Å²) < 4.78 is 11.9. The Balaban J connectivity index is 1.85. The largest absolute Gasteiger partial charge is 0.458 e. The summed E-state index contributed by atoms with van der Waals surface area (Å²) in [5.41, 5.74) is 0.179. The molecular weight excluding hydrogens is 466 g/mol. The van der Waals surface area contributed by atoms with Crippen molar-refractivity contribution >= 4 is 29.2 Å². The number of epoxide rings is 1. The van der Waals surface area contributed by atoms with E-state index in [0.717, 1.165) is 35.5 Å². The fraction of sp³-hybridized carbons (Fsp3) is 0.741. The molecule has 1 aromatic heterocycles. The maximum Gasteiger partial charge on any atom is 0.309 e. The lowest BCUT2D eigenvalue weighted by molar-refractivity contribution is -0.154. The number of aryl methyl sites for hydroxylation is 1. The first kappa shape index (κ1) is 28.0. The van der Waals surface area contributed by atoms with Gasteiger partial charge in [0.05, 0.1) is 46.5 Å². The Hall–Kier alpha value is -1.61. The van der Waals surface area contributed by atoms with E-state index in [4.69, 9.17) is 9.47 Å². The van der Waals surface area contributed by atoms with E-state index < -0.39 is 35.6 Å². The van der Waals surface area contributed by atoms with E-state index in [1.165, 1.54) is 0 Å². The first-order chi connectivity index (χ1) is 16.2. The van der Waals surface area contributed by atoms with Crippen molar-refractivity contribution in [3.63, 3.8) is 0 Å². The number of carbonyl (C=O) groups is 2. The van der Waals surface area contributed by atoms with Crippen molar-refractivity contribution in [1.82, 2.24) is 4.98 Å². The van der Waals surface area contributed by atoms with Crippen molar-refractivity contribution in [2.24, 2.45) is 17.3 Å². The van der Waals surface area contributed by atoms with Gasteiger partial charge in [0.15, 0.2) is 0 Å². The zero-order valence-electron chi connectivity index (χ0n) is 22.0. The number of hydrogen-bond acceptors (Lipinski definition) is 8. The Morgan fingerprint density at radius 3 is 2.54 bits per heavy atom. The van der Waals surface area contributed by atoms with Crippen LogP contribution in [0.1, 0.15) is 84.3 Å².